The monoisotopic (exact) mass is 307 g/mol. The molecule has 0 saturated carbocycles. The van der Waals surface area contributed by atoms with Crippen LogP contribution in [0.3, 0.4) is 0 Å². The van der Waals surface area contributed by atoms with E-state index in [2.05, 4.69) is 11.1 Å². The zero-order valence-corrected chi connectivity index (χ0v) is 12.4. The zero-order valence-electron chi connectivity index (χ0n) is 12.4. The molecule has 3 rings (SSSR count). The molecule has 0 aromatic carbocycles. The fourth-order valence-corrected chi connectivity index (χ4v) is 2.26. The highest BCUT2D eigenvalue weighted by molar-refractivity contribution is 5.89. The summed E-state index contributed by atoms with van der Waals surface area (Å²) in [5.41, 5.74) is 2.28. The smallest absolute Gasteiger partial charge is 0.340 e. The first kappa shape index (κ1) is 14.6. The maximum atomic E-state index is 12.0. The van der Waals surface area contributed by atoms with E-state index < -0.39 is 5.97 Å². The second kappa shape index (κ2) is 6.20. The molecule has 0 saturated heterocycles. The lowest BCUT2D eigenvalue weighted by molar-refractivity contribution is 0.0472. The van der Waals surface area contributed by atoms with Gasteiger partial charge in [-0.25, -0.2) is 9.78 Å². The van der Waals surface area contributed by atoms with Crippen LogP contribution in [0.2, 0.25) is 0 Å². The van der Waals surface area contributed by atoms with Crippen molar-refractivity contribution in [3.63, 3.8) is 0 Å². The van der Waals surface area contributed by atoms with Crippen molar-refractivity contribution in [2.24, 2.45) is 0 Å². The SMILES string of the molecule is COc1ccc(C(=O)OCc2cn3ccccc3c2C#N)cn1. The third-order valence-electron chi connectivity index (χ3n) is 3.41. The standard InChI is InChI=1S/C17H13N3O3/c1-22-16-6-5-12(9-19-16)17(21)23-11-13-10-20-7-3-2-4-15(20)14(13)8-18/h2-7,9-10H,11H2,1H3. The number of carbonyl (C=O) groups excluding carboxylic acids is 1. The van der Waals surface area contributed by atoms with Crippen LogP contribution in [-0.4, -0.2) is 22.5 Å². The largest absolute Gasteiger partial charge is 0.481 e. The fourth-order valence-electron chi connectivity index (χ4n) is 2.26. The van der Waals surface area contributed by atoms with E-state index in [0.717, 1.165) is 5.52 Å². The molecule has 6 nitrogen and oxygen atoms in total. The minimum absolute atomic E-state index is 0.0232. The van der Waals surface area contributed by atoms with Gasteiger partial charge in [-0.05, 0) is 18.2 Å². The first-order valence-corrected chi connectivity index (χ1v) is 6.88. The van der Waals surface area contributed by atoms with Crippen molar-refractivity contribution in [1.82, 2.24) is 9.38 Å². The Balaban J connectivity index is 1.77. The number of rotatable bonds is 4. The molecular weight excluding hydrogens is 294 g/mol. The minimum atomic E-state index is -0.501. The van der Waals surface area contributed by atoms with Crippen LogP contribution in [0.25, 0.3) is 5.52 Å². The van der Waals surface area contributed by atoms with Gasteiger partial charge < -0.3 is 13.9 Å². The summed E-state index contributed by atoms with van der Waals surface area (Å²) in [6.07, 6.45) is 5.02. The van der Waals surface area contributed by atoms with E-state index in [1.54, 1.807) is 18.3 Å². The van der Waals surface area contributed by atoms with E-state index in [9.17, 15) is 10.1 Å². The van der Waals surface area contributed by atoms with Crippen LogP contribution >= 0.6 is 0 Å². The van der Waals surface area contributed by atoms with Crippen LogP contribution in [0.15, 0.2) is 48.9 Å². The van der Waals surface area contributed by atoms with Crippen molar-refractivity contribution in [1.29, 1.82) is 5.26 Å². The molecule has 0 aliphatic carbocycles. The van der Waals surface area contributed by atoms with Gasteiger partial charge in [0.15, 0.2) is 0 Å². The summed E-state index contributed by atoms with van der Waals surface area (Å²) >= 11 is 0. The van der Waals surface area contributed by atoms with E-state index in [4.69, 9.17) is 9.47 Å². The Bertz CT molecular complexity index is 892. The molecule has 23 heavy (non-hydrogen) atoms. The predicted octanol–water partition coefficient (Wildman–Crippen LogP) is 2.57. The maximum absolute atomic E-state index is 12.0. The number of pyridine rings is 2. The molecule has 0 amide bonds. The molecule has 6 heteroatoms. The number of aromatic nitrogens is 2. The molecule has 0 N–H and O–H groups in total. The fraction of sp³-hybridized carbons (Fsp3) is 0.118. The van der Waals surface area contributed by atoms with Gasteiger partial charge in [0.25, 0.3) is 0 Å². The Hall–Kier alpha value is -3.33. The predicted molar refractivity (Wildman–Crippen MR) is 82.0 cm³/mol. The molecule has 0 atom stereocenters. The van der Waals surface area contributed by atoms with Crippen molar-refractivity contribution in [3.8, 4) is 11.9 Å². The Morgan fingerprint density at radius 3 is 2.91 bits per heavy atom. The molecule has 3 aromatic heterocycles. The van der Waals surface area contributed by atoms with Gasteiger partial charge in [-0.2, -0.15) is 5.26 Å². The second-order valence-electron chi connectivity index (χ2n) is 4.80. The zero-order chi connectivity index (χ0) is 16.2. The number of nitriles is 1. The summed E-state index contributed by atoms with van der Waals surface area (Å²) in [5.74, 6) is -0.0775. The van der Waals surface area contributed by atoms with Gasteiger partial charge in [0, 0.05) is 30.2 Å². The summed E-state index contributed by atoms with van der Waals surface area (Å²) < 4.78 is 12.0. The van der Waals surface area contributed by atoms with Crippen molar-refractivity contribution in [3.05, 3.63) is 65.6 Å². The summed E-state index contributed by atoms with van der Waals surface area (Å²) in [6.45, 7) is 0.0232. The van der Waals surface area contributed by atoms with Gasteiger partial charge in [-0.15, -0.1) is 0 Å². The van der Waals surface area contributed by atoms with Crippen LogP contribution in [0, 0.1) is 11.3 Å². The van der Waals surface area contributed by atoms with Gasteiger partial charge >= 0.3 is 5.97 Å². The molecule has 0 aliphatic heterocycles. The number of methoxy groups -OCH3 is 1. The Kier molecular flexibility index (Phi) is 3.93. The van der Waals surface area contributed by atoms with Crippen molar-refractivity contribution < 1.29 is 14.3 Å². The lowest BCUT2D eigenvalue weighted by atomic mass is 10.2. The van der Waals surface area contributed by atoms with Crippen LogP contribution in [-0.2, 0) is 11.3 Å². The van der Waals surface area contributed by atoms with Crippen molar-refractivity contribution in [2.45, 2.75) is 6.61 Å². The van der Waals surface area contributed by atoms with Gasteiger partial charge in [0.05, 0.1) is 23.8 Å². The first-order chi connectivity index (χ1) is 11.2. The molecule has 3 heterocycles. The number of nitrogens with zero attached hydrogens (tertiary/aromatic N) is 3. The maximum Gasteiger partial charge on any atom is 0.340 e. The van der Waals surface area contributed by atoms with Crippen LogP contribution in [0.4, 0.5) is 0 Å². The highest BCUT2D eigenvalue weighted by atomic mass is 16.5. The van der Waals surface area contributed by atoms with E-state index in [1.165, 1.54) is 13.3 Å². The van der Waals surface area contributed by atoms with Crippen LogP contribution < -0.4 is 4.74 Å². The number of esters is 1. The molecule has 0 radical (unpaired) electrons. The topological polar surface area (TPSA) is 76.6 Å². The lowest BCUT2D eigenvalue weighted by Gasteiger charge is -2.04. The average Bonchev–Trinajstić information content (AvgIpc) is 2.97. The summed E-state index contributed by atoms with van der Waals surface area (Å²) in [4.78, 5) is 16.0. The van der Waals surface area contributed by atoms with E-state index >= 15 is 0 Å². The third-order valence-corrected chi connectivity index (χ3v) is 3.41. The second-order valence-corrected chi connectivity index (χ2v) is 4.80. The summed E-state index contributed by atoms with van der Waals surface area (Å²) in [7, 11) is 1.50. The van der Waals surface area contributed by atoms with Gasteiger partial charge in [0.1, 0.15) is 12.7 Å². The van der Waals surface area contributed by atoms with Crippen LogP contribution in [0.5, 0.6) is 5.88 Å². The van der Waals surface area contributed by atoms with Crippen molar-refractivity contribution >= 4 is 11.5 Å². The molecule has 3 aromatic rings. The third kappa shape index (κ3) is 2.85. The molecule has 0 unspecified atom stereocenters. The van der Waals surface area contributed by atoms with Crippen molar-refractivity contribution in [2.75, 3.05) is 7.11 Å². The molecule has 0 fully saturated rings. The Labute approximate surface area is 132 Å². The first-order valence-electron chi connectivity index (χ1n) is 6.88. The Morgan fingerprint density at radius 2 is 2.22 bits per heavy atom. The molecule has 0 bridgehead atoms. The summed E-state index contributed by atoms with van der Waals surface area (Å²) in [6, 6.07) is 10.9. The lowest BCUT2D eigenvalue weighted by Crippen LogP contribution is -2.06. The number of carbonyl (C=O) groups is 1. The normalized spacial score (nSPS) is 10.3. The molecule has 0 aliphatic rings. The molecular formula is C17H13N3O3. The van der Waals surface area contributed by atoms with Gasteiger partial charge in [0.2, 0.25) is 5.88 Å². The van der Waals surface area contributed by atoms with E-state index in [-0.39, 0.29) is 6.61 Å². The van der Waals surface area contributed by atoms with E-state index in [1.807, 2.05) is 28.8 Å². The number of hydrogen-bond donors (Lipinski definition) is 0. The molecule has 114 valence electrons. The highest BCUT2D eigenvalue weighted by Crippen LogP contribution is 2.19. The quantitative estimate of drug-likeness (QED) is 0.692. The number of ether oxygens (including phenoxy) is 2. The molecule has 0 spiro atoms. The van der Waals surface area contributed by atoms with Gasteiger partial charge in [-0.3, -0.25) is 0 Å². The number of hydrogen-bond acceptors (Lipinski definition) is 5. The van der Waals surface area contributed by atoms with Gasteiger partial charge in [-0.1, -0.05) is 6.07 Å². The minimum Gasteiger partial charge on any atom is -0.481 e. The highest BCUT2D eigenvalue weighted by Gasteiger charge is 2.13. The Morgan fingerprint density at radius 1 is 1.35 bits per heavy atom. The number of fused-ring (bicyclic) bond motifs is 1. The summed E-state index contributed by atoms with van der Waals surface area (Å²) in [5, 5.41) is 9.32. The average molecular weight is 307 g/mol. The van der Waals surface area contributed by atoms with E-state index in [0.29, 0.717) is 22.6 Å². The van der Waals surface area contributed by atoms with Crippen LogP contribution in [0.1, 0.15) is 21.5 Å².